The average Bonchev–Trinajstić information content (AvgIpc) is 2.99. The second-order valence-corrected chi connectivity index (χ2v) is 7.51. The summed E-state index contributed by atoms with van der Waals surface area (Å²) in [5.74, 6) is 0.331. The molecule has 0 aliphatic carbocycles. The van der Waals surface area contributed by atoms with Crippen molar-refractivity contribution in [2.45, 2.75) is 26.3 Å². The van der Waals surface area contributed by atoms with Crippen LogP contribution in [0.4, 0.5) is 5.69 Å². The van der Waals surface area contributed by atoms with Crippen LogP contribution in [-0.4, -0.2) is 32.8 Å². The summed E-state index contributed by atoms with van der Waals surface area (Å²) in [6.45, 7) is 2.31. The first-order valence-corrected chi connectivity index (χ1v) is 9.42. The summed E-state index contributed by atoms with van der Waals surface area (Å²) in [6.07, 6.45) is 2.94. The van der Waals surface area contributed by atoms with Crippen LogP contribution in [-0.2, 0) is 23.0 Å². The summed E-state index contributed by atoms with van der Waals surface area (Å²) in [4.78, 5) is 12.1. The maximum Gasteiger partial charge on any atom is 0.251 e. The molecule has 1 N–H and O–H groups in total. The zero-order valence-electron chi connectivity index (χ0n) is 13.9. The van der Waals surface area contributed by atoms with E-state index in [0.717, 1.165) is 29.1 Å². The molecule has 0 bridgehead atoms. The topological polar surface area (TPSA) is 92.5 Å². The number of benzene rings is 1. The van der Waals surface area contributed by atoms with Crippen molar-refractivity contribution in [1.82, 2.24) is 10.5 Å². The fraction of sp³-hybridized carbons (Fsp3) is 0.375. The molecule has 1 amide bonds. The zero-order valence-corrected chi connectivity index (χ0v) is 14.8. The number of hydrogen-bond acceptors (Lipinski definition) is 5. The van der Waals surface area contributed by atoms with E-state index in [2.05, 4.69) is 17.4 Å². The smallest absolute Gasteiger partial charge is 0.251 e. The highest BCUT2D eigenvalue weighted by Crippen LogP contribution is 2.16. The summed E-state index contributed by atoms with van der Waals surface area (Å²) in [5, 5.41) is 6.67. The fourth-order valence-electron chi connectivity index (χ4n) is 2.10. The first-order chi connectivity index (χ1) is 11.3. The molecule has 0 saturated heterocycles. The quantitative estimate of drug-likeness (QED) is 0.823. The van der Waals surface area contributed by atoms with E-state index < -0.39 is 10.0 Å². The molecule has 0 aliphatic heterocycles. The Morgan fingerprint density at radius 3 is 2.54 bits per heavy atom. The monoisotopic (exact) mass is 351 g/mol. The first kappa shape index (κ1) is 18.0. The number of rotatable bonds is 7. The second-order valence-electron chi connectivity index (χ2n) is 5.49. The minimum atomic E-state index is -3.32. The highest BCUT2D eigenvalue weighted by molar-refractivity contribution is 7.92. The summed E-state index contributed by atoms with van der Waals surface area (Å²) < 4.78 is 29.3. The molecule has 0 unspecified atom stereocenters. The number of hydrogen-bond donors (Lipinski definition) is 1. The van der Waals surface area contributed by atoms with Crippen molar-refractivity contribution in [3.05, 3.63) is 47.3 Å². The molecule has 130 valence electrons. The van der Waals surface area contributed by atoms with Gasteiger partial charge in [-0.2, -0.15) is 0 Å². The van der Waals surface area contributed by atoms with Gasteiger partial charge in [0.05, 0.1) is 24.2 Å². The lowest BCUT2D eigenvalue weighted by molar-refractivity contribution is 0.0947. The molecule has 0 atom stereocenters. The van der Waals surface area contributed by atoms with Crippen LogP contribution in [0.2, 0.25) is 0 Å². The highest BCUT2D eigenvalue weighted by Gasteiger charge is 2.13. The molecule has 1 aromatic heterocycles. The third kappa shape index (κ3) is 4.58. The van der Waals surface area contributed by atoms with Gasteiger partial charge in [-0.15, -0.1) is 0 Å². The Kier molecular flexibility index (Phi) is 5.61. The molecule has 1 heterocycles. The van der Waals surface area contributed by atoms with Gasteiger partial charge in [-0.1, -0.05) is 18.5 Å². The van der Waals surface area contributed by atoms with Gasteiger partial charge in [0.25, 0.3) is 5.91 Å². The van der Waals surface area contributed by atoms with Crippen LogP contribution in [0.25, 0.3) is 0 Å². The van der Waals surface area contributed by atoms with E-state index in [9.17, 15) is 13.2 Å². The van der Waals surface area contributed by atoms with Crippen molar-refractivity contribution in [3.63, 3.8) is 0 Å². The number of carbonyl (C=O) groups is 1. The fourth-order valence-corrected chi connectivity index (χ4v) is 2.60. The van der Waals surface area contributed by atoms with Crippen molar-refractivity contribution in [1.29, 1.82) is 0 Å². The SMILES string of the molecule is CCCc1cc(CNC(=O)c2ccc(N(C)S(C)(=O)=O)cc2)on1. The zero-order chi connectivity index (χ0) is 17.7. The number of sulfonamides is 1. The van der Waals surface area contributed by atoms with Crippen LogP contribution >= 0.6 is 0 Å². The molecule has 0 saturated carbocycles. The van der Waals surface area contributed by atoms with Crippen LogP contribution in [0.3, 0.4) is 0 Å². The molecule has 2 aromatic rings. The Balaban J connectivity index is 1.97. The first-order valence-electron chi connectivity index (χ1n) is 7.58. The van der Waals surface area contributed by atoms with E-state index in [1.54, 1.807) is 24.3 Å². The number of aromatic nitrogens is 1. The molecule has 0 radical (unpaired) electrons. The van der Waals surface area contributed by atoms with Crippen LogP contribution in [0.5, 0.6) is 0 Å². The van der Waals surface area contributed by atoms with Crippen LogP contribution in [0.15, 0.2) is 34.9 Å². The van der Waals surface area contributed by atoms with E-state index in [1.807, 2.05) is 6.07 Å². The summed E-state index contributed by atoms with van der Waals surface area (Å²) in [7, 11) is -1.86. The Morgan fingerprint density at radius 2 is 1.96 bits per heavy atom. The van der Waals surface area contributed by atoms with Crippen molar-refractivity contribution in [2.24, 2.45) is 0 Å². The van der Waals surface area contributed by atoms with Gasteiger partial charge in [0, 0.05) is 18.7 Å². The lowest BCUT2D eigenvalue weighted by atomic mass is 10.2. The van der Waals surface area contributed by atoms with Crippen LogP contribution < -0.4 is 9.62 Å². The van der Waals surface area contributed by atoms with E-state index in [4.69, 9.17) is 4.52 Å². The van der Waals surface area contributed by atoms with Gasteiger partial charge in [-0.05, 0) is 30.7 Å². The van der Waals surface area contributed by atoms with E-state index in [1.165, 1.54) is 7.05 Å². The van der Waals surface area contributed by atoms with Crippen molar-refractivity contribution in [2.75, 3.05) is 17.6 Å². The molecule has 0 spiro atoms. The molecule has 7 nitrogen and oxygen atoms in total. The summed E-state index contributed by atoms with van der Waals surface area (Å²) in [6, 6.07) is 8.16. The molecular weight excluding hydrogens is 330 g/mol. The van der Waals surface area contributed by atoms with Gasteiger partial charge in [0.2, 0.25) is 10.0 Å². The highest BCUT2D eigenvalue weighted by atomic mass is 32.2. The standard InChI is InChI=1S/C16H21N3O4S/c1-4-5-13-10-15(23-18-13)11-17-16(20)12-6-8-14(9-7-12)19(2)24(3,21)22/h6-10H,4-5,11H2,1-3H3,(H,17,20). The van der Waals surface area contributed by atoms with Gasteiger partial charge >= 0.3 is 0 Å². The molecule has 2 rings (SSSR count). The van der Waals surface area contributed by atoms with Gasteiger partial charge in [0.15, 0.2) is 5.76 Å². The number of amides is 1. The maximum absolute atomic E-state index is 12.1. The second kappa shape index (κ2) is 7.48. The van der Waals surface area contributed by atoms with Crippen molar-refractivity contribution in [3.8, 4) is 0 Å². The molecule has 0 fully saturated rings. The van der Waals surface area contributed by atoms with Gasteiger partial charge in [-0.25, -0.2) is 8.42 Å². The average molecular weight is 351 g/mol. The number of aryl methyl sites for hydroxylation is 1. The Bertz CT molecular complexity index is 797. The third-order valence-corrected chi connectivity index (χ3v) is 4.73. The van der Waals surface area contributed by atoms with E-state index in [0.29, 0.717) is 17.0 Å². The Morgan fingerprint density at radius 1 is 1.29 bits per heavy atom. The maximum atomic E-state index is 12.1. The minimum absolute atomic E-state index is 0.251. The molecular formula is C16H21N3O4S. The van der Waals surface area contributed by atoms with Gasteiger partial charge in [0.1, 0.15) is 0 Å². The lowest BCUT2D eigenvalue weighted by Gasteiger charge is -2.16. The normalized spacial score (nSPS) is 11.3. The predicted molar refractivity (Wildman–Crippen MR) is 91.4 cm³/mol. The van der Waals surface area contributed by atoms with Gasteiger partial charge in [-0.3, -0.25) is 9.10 Å². The van der Waals surface area contributed by atoms with E-state index >= 15 is 0 Å². The Hall–Kier alpha value is -2.35. The number of nitrogens with one attached hydrogen (secondary N) is 1. The number of carbonyl (C=O) groups excluding carboxylic acids is 1. The minimum Gasteiger partial charge on any atom is -0.359 e. The van der Waals surface area contributed by atoms with Crippen LogP contribution in [0.1, 0.15) is 35.2 Å². The predicted octanol–water partition coefficient (Wildman–Crippen LogP) is 1.95. The van der Waals surface area contributed by atoms with E-state index in [-0.39, 0.29) is 12.5 Å². The summed E-state index contributed by atoms with van der Waals surface area (Å²) >= 11 is 0. The van der Waals surface area contributed by atoms with Crippen molar-refractivity contribution >= 4 is 21.6 Å². The molecule has 24 heavy (non-hydrogen) atoms. The Labute approximate surface area is 141 Å². The molecule has 8 heteroatoms. The molecule has 0 aliphatic rings. The van der Waals surface area contributed by atoms with Crippen molar-refractivity contribution < 1.29 is 17.7 Å². The largest absolute Gasteiger partial charge is 0.359 e. The number of nitrogens with zero attached hydrogens (tertiary/aromatic N) is 2. The van der Waals surface area contributed by atoms with Crippen LogP contribution in [0, 0.1) is 0 Å². The van der Waals surface area contributed by atoms with Gasteiger partial charge < -0.3 is 9.84 Å². The number of anilines is 1. The third-order valence-electron chi connectivity index (χ3n) is 3.53. The molecule has 1 aromatic carbocycles. The lowest BCUT2D eigenvalue weighted by Crippen LogP contribution is -2.25. The summed E-state index contributed by atoms with van der Waals surface area (Å²) in [5.41, 5.74) is 1.80.